The second kappa shape index (κ2) is 5.93. The third kappa shape index (κ3) is 2.98. The maximum atomic E-state index is 4.54. The minimum Gasteiger partial charge on any atom is -0.252 e. The number of allylic oxidation sites excluding steroid dienone is 2. The van der Waals surface area contributed by atoms with Crippen LogP contribution < -0.4 is 0 Å². The van der Waals surface area contributed by atoms with Gasteiger partial charge in [0.05, 0.1) is 22.9 Å². The van der Waals surface area contributed by atoms with Crippen LogP contribution in [0.3, 0.4) is 0 Å². The van der Waals surface area contributed by atoms with Crippen LogP contribution in [-0.2, 0) is 0 Å². The molecule has 0 aliphatic heterocycles. The van der Waals surface area contributed by atoms with E-state index in [0.717, 1.165) is 16.7 Å². The van der Waals surface area contributed by atoms with Crippen LogP contribution in [-0.4, -0.2) is 9.97 Å². The second-order valence-corrected chi connectivity index (χ2v) is 4.41. The Hall–Kier alpha value is -2.74. The number of para-hydroxylation sites is 2. The van der Waals surface area contributed by atoms with Gasteiger partial charge >= 0.3 is 0 Å². The van der Waals surface area contributed by atoms with Gasteiger partial charge in [-0.1, -0.05) is 60.7 Å². The highest BCUT2D eigenvalue weighted by Gasteiger charge is 1.94. The van der Waals surface area contributed by atoms with E-state index in [0.29, 0.717) is 0 Å². The van der Waals surface area contributed by atoms with Gasteiger partial charge in [-0.05, 0) is 23.8 Å². The summed E-state index contributed by atoms with van der Waals surface area (Å²) in [5, 5.41) is 0. The smallest absolute Gasteiger partial charge is 0.0894 e. The number of rotatable bonds is 3. The van der Waals surface area contributed by atoms with E-state index >= 15 is 0 Å². The third-order valence-electron chi connectivity index (χ3n) is 2.93. The van der Waals surface area contributed by atoms with Gasteiger partial charge in [-0.3, -0.25) is 4.98 Å². The molecule has 3 rings (SSSR count). The Morgan fingerprint density at radius 1 is 0.700 bits per heavy atom. The average Bonchev–Trinajstić information content (AvgIpc) is 2.52. The molecule has 0 bridgehead atoms. The first-order chi connectivity index (χ1) is 9.92. The first-order valence-corrected chi connectivity index (χ1v) is 6.53. The molecule has 2 nitrogen and oxygen atoms in total. The van der Waals surface area contributed by atoms with E-state index in [4.69, 9.17) is 0 Å². The molecule has 20 heavy (non-hydrogen) atoms. The lowest BCUT2D eigenvalue weighted by atomic mass is 10.2. The van der Waals surface area contributed by atoms with E-state index in [-0.39, 0.29) is 0 Å². The summed E-state index contributed by atoms with van der Waals surface area (Å²) in [7, 11) is 0. The molecule has 3 aromatic rings. The van der Waals surface area contributed by atoms with E-state index in [2.05, 4.69) is 28.2 Å². The Bertz CT molecular complexity index is 758. The van der Waals surface area contributed by atoms with Gasteiger partial charge in [-0.15, -0.1) is 0 Å². The number of fused-ring (bicyclic) bond motifs is 1. The average molecular weight is 258 g/mol. The molecule has 0 saturated carbocycles. The fourth-order valence-electron chi connectivity index (χ4n) is 1.94. The van der Waals surface area contributed by atoms with Gasteiger partial charge < -0.3 is 0 Å². The summed E-state index contributed by atoms with van der Waals surface area (Å²) in [4.78, 5) is 8.92. The van der Waals surface area contributed by atoms with E-state index in [1.807, 2.05) is 60.7 Å². The Morgan fingerprint density at radius 3 is 2.25 bits per heavy atom. The Morgan fingerprint density at radius 2 is 1.40 bits per heavy atom. The Kier molecular flexibility index (Phi) is 3.65. The molecule has 2 aromatic carbocycles. The molecule has 0 saturated heterocycles. The number of aromatic nitrogens is 2. The predicted molar refractivity (Wildman–Crippen MR) is 84.0 cm³/mol. The molecule has 0 amide bonds. The summed E-state index contributed by atoms with van der Waals surface area (Å²) >= 11 is 0. The second-order valence-electron chi connectivity index (χ2n) is 4.41. The van der Waals surface area contributed by atoms with Crippen molar-refractivity contribution in [2.24, 2.45) is 0 Å². The molecule has 0 fully saturated rings. The molecule has 96 valence electrons. The first kappa shape index (κ1) is 12.3. The first-order valence-electron chi connectivity index (χ1n) is 6.53. The van der Waals surface area contributed by atoms with Crippen molar-refractivity contribution in [2.75, 3.05) is 0 Å². The molecule has 0 unspecified atom stereocenters. The highest BCUT2D eigenvalue weighted by Crippen LogP contribution is 2.09. The molecular formula is C18H14N2. The number of nitrogens with zero attached hydrogens (tertiary/aromatic N) is 2. The fourth-order valence-corrected chi connectivity index (χ4v) is 1.94. The largest absolute Gasteiger partial charge is 0.252 e. The monoisotopic (exact) mass is 258 g/mol. The van der Waals surface area contributed by atoms with Crippen molar-refractivity contribution >= 4 is 23.2 Å². The van der Waals surface area contributed by atoms with Crippen LogP contribution in [0.25, 0.3) is 23.2 Å². The third-order valence-corrected chi connectivity index (χ3v) is 2.93. The van der Waals surface area contributed by atoms with E-state index in [1.54, 1.807) is 6.20 Å². The predicted octanol–water partition coefficient (Wildman–Crippen LogP) is 4.36. The standard InChI is InChI=1S/C18H14N2/c1-2-8-15(9-3-1)10-4-5-11-16-14-19-17-12-6-7-13-18(17)20-16/h1-14H/b10-4+,11-5+. The van der Waals surface area contributed by atoms with Crippen molar-refractivity contribution in [3.8, 4) is 0 Å². The Labute approximate surface area is 118 Å². The van der Waals surface area contributed by atoms with E-state index in [1.165, 1.54) is 5.56 Å². The van der Waals surface area contributed by atoms with Gasteiger partial charge in [0.25, 0.3) is 0 Å². The molecule has 0 aliphatic rings. The van der Waals surface area contributed by atoms with E-state index < -0.39 is 0 Å². The molecule has 1 heterocycles. The van der Waals surface area contributed by atoms with Gasteiger partial charge in [-0.25, -0.2) is 4.98 Å². The summed E-state index contributed by atoms with van der Waals surface area (Å²) in [5.41, 5.74) is 3.88. The topological polar surface area (TPSA) is 25.8 Å². The van der Waals surface area contributed by atoms with Gasteiger partial charge in [-0.2, -0.15) is 0 Å². The lowest BCUT2D eigenvalue weighted by Crippen LogP contribution is -1.86. The summed E-state index contributed by atoms with van der Waals surface area (Å²) in [5.74, 6) is 0. The molecule has 0 spiro atoms. The maximum Gasteiger partial charge on any atom is 0.0894 e. The molecule has 2 heteroatoms. The quantitative estimate of drug-likeness (QED) is 0.652. The van der Waals surface area contributed by atoms with Crippen LogP contribution in [0.4, 0.5) is 0 Å². The minimum atomic E-state index is 0.862. The lowest BCUT2D eigenvalue weighted by molar-refractivity contribution is 1.27. The van der Waals surface area contributed by atoms with Crippen molar-refractivity contribution < 1.29 is 0 Å². The summed E-state index contributed by atoms with van der Waals surface area (Å²) in [6.07, 6.45) is 9.79. The van der Waals surface area contributed by atoms with Gasteiger partial charge in [0.1, 0.15) is 0 Å². The zero-order valence-corrected chi connectivity index (χ0v) is 11.0. The van der Waals surface area contributed by atoms with Crippen LogP contribution in [0.5, 0.6) is 0 Å². The minimum absolute atomic E-state index is 0.862. The van der Waals surface area contributed by atoms with Crippen molar-refractivity contribution in [1.82, 2.24) is 9.97 Å². The van der Waals surface area contributed by atoms with Crippen molar-refractivity contribution in [2.45, 2.75) is 0 Å². The van der Waals surface area contributed by atoms with Gasteiger partial charge in [0.15, 0.2) is 0 Å². The molecule has 0 radical (unpaired) electrons. The lowest BCUT2D eigenvalue weighted by Gasteiger charge is -1.96. The fraction of sp³-hybridized carbons (Fsp3) is 0. The molecule has 0 N–H and O–H groups in total. The van der Waals surface area contributed by atoms with Crippen LogP contribution in [0.1, 0.15) is 11.3 Å². The highest BCUT2D eigenvalue weighted by atomic mass is 14.8. The van der Waals surface area contributed by atoms with E-state index in [9.17, 15) is 0 Å². The van der Waals surface area contributed by atoms with Crippen LogP contribution in [0.15, 0.2) is 72.9 Å². The van der Waals surface area contributed by atoms with Crippen LogP contribution in [0, 0.1) is 0 Å². The van der Waals surface area contributed by atoms with Crippen molar-refractivity contribution in [3.63, 3.8) is 0 Å². The zero-order chi connectivity index (χ0) is 13.6. The summed E-state index contributed by atoms with van der Waals surface area (Å²) in [6, 6.07) is 18.1. The van der Waals surface area contributed by atoms with Crippen LogP contribution >= 0.6 is 0 Å². The number of benzene rings is 2. The summed E-state index contributed by atoms with van der Waals surface area (Å²) < 4.78 is 0. The summed E-state index contributed by atoms with van der Waals surface area (Å²) in [6.45, 7) is 0. The maximum absolute atomic E-state index is 4.54. The highest BCUT2D eigenvalue weighted by molar-refractivity contribution is 5.74. The number of hydrogen-bond donors (Lipinski definition) is 0. The van der Waals surface area contributed by atoms with Crippen molar-refractivity contribution in [3.05, 3.63) is 84.2 Å². The van der Waals surface area contributed by atoms with Gasteiger partial charge in [0.2, 0.25) is 0 Å². The normalized spacial score (nSPS) is 11.6. The number of hydrogen-bond acceptors (Lipinski definition) is 2. The van der Waals surface area contributed by atoms with Gasteiger partial charge in [0, 0.05) is 0 Å². The molecule has 0 aliphatic carbocycles. The molecule has 0 atom stereocenters. The molecular weight excluding hydrogens is 244 g/mol. The Balaban J connectivity index is 1.76. The zero-order valence-electron chi connectivity index (χ0n) is 11.0. The SMILES string of the molecule is C(/C=C/c1cnc2ccccc2n1)=C\c1ccccc1. The van der Waals surface area contributed by atoms with Crippen molar-refractivity contribution in [1.29, 1.82) is 0 Å². The van der Waals surface area contributed by atoms with Crippen LogP contribution in [0.2, 0.25) is 0 Å². The molecule has 1 aromatic heterocycles.